The van der Waals surface area contributed by atoms with Gasteiger partial charge in [0.25, 0.3) is 0 Å². The average Bonchev–Trinajstić information content (AvgIpc) is 2.41. The van der Waals surface area contributed by atoms with Gasteiger partial charge < -0.3 is 5.73 Å². The Hall–Kier alpha value is -1.69. The molecule has 1 heterocycles. The highest BCUT2D eigenvalue weighted by atomic mass is 35.5. The standard InChI is InChI=1S/C13H14ClFN4/c14-10-5-1-3-8(12(10)15)7-11(19-17)9-4-2-6-18-13(9)16/h1-6,11,19H,7,17H2,(H2,16,18). The molecule has 0 radical (unpaired) electrons. The molecule has 0 aliphatic carbocycles. The minimum Gasteiger partial charge on any atom is -0.383 e. The summed E-state index contributed by atoms with van der Waals surface area (Å²) in [5, 5.41) is 0.0902. The highest BCUT2D eigenvalue weighted by molar-refractivity contribution is 6.30. The summed E-state index contributed by atoms with van der Waals surface area (Å²) < 4.78 is 13.9. The second-order valence-electron chi connectivity index (χ2n) is 4.11. The quantitative estimate of drug-likeness (QED) is 0.593. The predicted octanol–water partition coefficient (Wildman–Crippen LogP) is 2.20. The van der Waals surface area contributed by atoms with Crippen LogP contribution in [0, 0.1) is 5.82 Å². The van der Waals surface area contributed by atoms with Crippen LogP contribution in [0.5, 0.6) is 0 Å². The van der Waals surface area contributed by atoms with Crippen LogP contribution < -0.4 is 17.0 Å². The van der Waals surface area contributed by atoms with E-state index in [1.165, 1.54) is 6.07 Å². The molecule has 100 valence electrons. The molecule has 1 unspecified atom stereocenters. The van der Waals surface area contributed by atoms with Crippen LogP contribution in [0.2, 0.25) is 5.02 Å². The van der Waals surface area contributed by atoms with Crippen molar-refractivity contribution < 1.29 is 4.39 Å². The second kappa shape index (κ2) is 5.97. The normalized spacial score (nSPS) is 12.4. The number of pyridine rings is 1. The summed E-state index contributed by atoms with van der Waals surface area (Å²) in [6.45, 7) is 0. The number of hydrogen-bond acceptors (Lipinski definition) is 4. The molecule has 1 atom stereocenters. The number of rotatable bonds is 4. The van der Waals surface area contributed by atoms with Gasteiger partial charge in [0.2, 0.25) is 0 Å². The Morgan fingerprint density at radius 3 is 2.79 bits per heavy atom. The van der Waals surface area contributed by atoms with E-state index in [-0.39, 0.29) is 11.1 Å². The molecule has 1 aromatic heterocycles. The topological polar surface area (TPSA) is 77.0 Å². The maximum Gasteiger partial charge on any atom is 0.145 e. The maximum absolute atomic E-state index is 13.9. The zero-order valence-electron chi connectivity index (χ0n) is 10.1. The number of hydrogen-bond donors (Lipinski definition) is 3. The minimum absolute atomic E-state index is 0.0902. The molecule has 2 rings (SSSR count). The minimum atomic E-state index is -0.438. The largest absolute Gasteiger partial charge is 0.383 e. The van der Waals surface area contributed by atoms with Crippen molar-refractivity contribution in [3.05, 3.63) is 58.5 Å². The summed E-state index contributed by atoms with van der Waals surface area (Å²) in [6.07, 6.45) is 1.92. The third-order valence-electron chi connectivity index (χ3n) is 2.90. The zero-order chi connectivity index (χ0) is 13.8. The zero-order valence-corrected chi connectivity index (χ0v) is 10.9. The van der Waals surface area contributed by atoms with Crippen LogP contribution in [0.15, 0.2) is 36.5 Å². The Bertz CT molecular complexity index is 576. The van der Waals surface area contributed by atoms with Crippen LogP contribution in [0.4, 0.5) is 10.2 Å². The number of anilines is 1. The van der Waals surface area contributed by atoms with Crippen molar-refractivity contribution in [2.24, 2.45) is 5.84 Å². The molecule has 6 heteroatoms. The van der Waals surface area contributed by atoms with Crippen molar-refractivity contribution >= 4 is 17.4 Å². The SMILES string of the molecule is NNC(Cc1cccc(Cl)c1F)c1cccnc1N. The van der Waals surface area contributed by atoms with Gasteiger partial charge in [0, 0.05) is 11.8 Å². The van der Waals surface area contributed by atoms with E-state index >= 15 is 0 Å². The summed E-state index contributed by atoms with van der Waals surface area (Å²) in [5.41, 5.74) is 9.61. The lowest BCUT2D eigenvalue weighted by molar-refractivity contribution is 0.529. The van der Waals surface area contributed by atoms with Gasteiger partial charge >= 0.3 is 0 Å². The van der Waals surface area contributed by atoms with Gasteiger partial charge in [-0.25, -0.2) is 9.37 Å². The fourth-order valence-corrected chi connectivity index (χ4v) is 2.10. The molecule has 0 bridgehead atoms. The maximum atomic E-state index is 13.9. The Balaban J connectivity index is 2.30. The number of benzene rings is 1. The molecule has 19 heavy (non-hydrogen) atoms. The molecular formula is C13H14ClFN4. The first-order valence-electron chi connectivity index (χ1n) is 5.73. The van der Waals surface area contributed by atoms with E-state index in [9.17, 15) is 4.39 Å². The lowest BCUT2D eigenvalue weighted by atomic mass is 9.99. The monoisotopic (exact) mass is 280 g/mol. The van der Waals surface area contributed by atoms with E-state index in [0.29, 0.717) is 17.8 Å². The first-order valence-corrected chi connectivity index (χ1v) is 6.10. The van der Waals surface area contributed by atoms with E-state index in [4.69, 9.17) is 23.2 Å². The highest BCUT2D eigenvalue weighted by Gasteiger charge is 2.17. The summed E-state index contributed by atoms with van der Waals surface area (Å²) in [5.74, 6) is 5.45. The van der Waals surface area contributed by atoms with Crippen LogP contribution in [0.1, 0.15) is 17.2 Å². The molecule has 0 spiro atoms. The van der Waals surface area contributed by atoms with Crippen LogP contribution in [-0.2, 0) is 6.42 Å². The lowest BCUT2D eigenvalue weighted by Gasteiger charge is -2.18. The van der Waals surface area contributed by atoms with E-state index in [0.717, 1.165) is 5.56 Å². The molecule has 0 fully saturated rings. The number of nitrogens with zero attached hydrogens (tertiary/aromatic N) is 1. The second-order valence-corrected chi connectivity index (χ2v) is 4.52. The van der Waals surface area contributed by atoms with E-state index in [1.807, 2.05) is 0 Å². The summed E-state index contributed by atoms with van der Waals surface area (Å²) >= 11 is 5.75. The fraction of sp³-hybridized carbons (Fsp3) is 0.154. The first kappa shape index (κ1) is 13.7. The fourth-order valence-electron chi connectivity index (χ4n) is 1.91. The molecule has 0 amide bonds. The van der Waals surface area contributed by atoms with Crippen molar-refractivity contribution in [3.8, 4) is 0 Å². The molecule has 5 N–H and O–H groups in total. The lowest BCUT2D eigenvalue weighted by Crippen LogP contribution is -2.30. The molecule has 0 aliphatic rings. The summed E-state index contributed by atoms with van der Waals surface area (Å²) in [4.78, 5) is 3.99. The van der Waals surface area contributed by atoms with Crippen molar-refractivity contribution in [2.75, 3.05) is 5.73 Å². The third-order valence-corrected chi connectivity index (χ3v) is 3.20. The Labute approximate surface area is 115 Å². The number of nitrogen functional groups attached to an aromatic ring is 1. The van der Waals surface area contributed by atoms with Gasteiger partial charge in [-0.15, -0.1) is 0 Å². The average molecular weight is 281 g/mol. The number of nitrogens with one attached hydrogen (secondary N) is 1. The van der Waals surface area contributed by atoms with E-state index in [2.05, 4.69) is 10.4 Å². The Morgan fingerprint density at radius 1 is 1.32 bits per heavy atom. The van der Waals surface area contributed by atoms with Gasteiger partial charge in [0.05, 0.1) is 11.1 Å². The van der Waals surface area contributed by atoms with Gasteiger partial charge in [-0.05, 0) is 24.1 Å². The van der Waals surface area contributed by atoms with Gasteiger partial charge in [-0.2, -0.15) is 0 Å². The Kier molecular flexibility index (Phi) is 4.31. The summed E-state index contributed by atoms with van der Waals surface area (Å²) in [6, 6.07) is 8.09. The molecule has 2 aromatic rings. The van der Waals surface area contributed by atoms with Gasteiger partial charge in [-0.1, -0.05) is 29.8 Å². The highest BCUT2D eigenvalue weighted by Crippen LogP contribution is 2.25. The van der Waals surface area contributed by atoms with Crippen molar-refractivity contribution in [1.29, 1.82) is 0 Å². The van der Waals surface area contributed by atoms with Crippen LogP contribution >= 0.6 is 11.6 Å². The van der Waals surface area contributed by atoms with Crippen LogP contribution in [-0.4, -0.2) is 4.98 Å². The van der Waals surface area contributed by atoms with E-state index in [1.54, 1.807) is 30.5 Å². The van der Waals surface area contributed by atoms with Crippen molar-refractivity contribution in [3.63, 3.8) is 0 Å². The number of nitrogens with two attached hydrogens (primary N) is 2. The summed E-state index contributed by atoms with van der Waals surface area (Å²) in [7, 11) is 0. The number of halogens is 2. The smallest absolute Gasteiger partial charge is 0.145 e. The van der Waals surface area contributed by atoms with Gasteiger partial charge in [0.15, 0.2) is 0 Å². The number of hydrazine groups is 1. The predicted molar refractivity (Wildman–Crippen MR) is 73.8 cm³/mol. The van der Waals surface area contributed by atoms with Crippen LogP contribution in [0.3, 0.4) is 0 Å². The Morgan fingerprint density at radius 2 is 2.11 bits per heavy atom. The molecule has 0 saturated carbocycles. The van der Waals surface area contributed by atoms with Crippen LogP contribution in [0.25, 0.3) is 0 Å². The molecule has 4 nitrogen and oxygen atoms in total. The molecule has 1 aromatic carbocycles. The molecule has 0 aliphatic heterocycles. The molecular weight excluding hydrogens is 267 g/mol. The van der Waals surface area contributed by atoms with Crippen molar-refractivity contribution in [2.45, 2.75) is 12.5 Å². The van der Waals surface area contributed by atoms with E-state index < -0.39 is 5.82 Å². The number of aromatic nitrogens is 1. The third kappa shape index (κ3) is 3.01. The van der Waals surface area contributed by atoms with Crippen molar-refractivity contribution in [1.82, 2.24) is 10.4 Å². The molecule has 0 saturated heterocycles. The first-order chi connectivity index (χ1) is 9.13. The van der Waals surface area contributed by atoms with Gasteiger partial charge in [0.1, 0.15) is 11.6 Å². The van der Waals surface area contributed by atoms with Gasteiger partial charge in [-0.3, -0.25) is 11.3 Å².